The molecule has 0 aromatic carbocycles. The number of rotatable bonds is 5. The van der Waals surface area contributed by atoms with Gasteiger partial charge >= 0.3 is 0 Å². The minimum atomic E-state index is 0.588. The summed E-state index contributed by atoms with van der Waals surface area (Å²) in [6, 6.07) is 1.97. The third-order valence-electron chi connectivity index (χ3n) is 2.49. The third kappa shape index (κ3) is 3.08. The molecule has 92 valence electrons. The first-order chi connectivity index (χ1) is 8.20. The minimum absolute atomic E-state index is 0.588. The number of nitrogens with zero attached hydrogens (tertiary/aromatic N) is 3. The van der Waals surface area contributed by atoms with Gasteiger partial charge in [-0.2, -0.15) is 11.8 Å². The summed E-state index contributed by atoms with van der Waals surface area (Å²) in [5.74, 6) is 2.51. The molecule has 0 unspecified atom stereocenters. The van der Waals surface area contributed by atoms with Crippen LogP contribution >= 0.6 is 23.1 Å². The van der Waals surface area contributed by atoms with Crippen LogP contribution < -0.4 is 5.73 Å². The Morgan fingerprint density at radius 1 is 1.47 bits per heavy atom. The van der Waals surface area contributed by atoms with Crippen LogP contribution in [-0.4, -0.2) is 40.5 Å². The molecule has 4 nitrogen and oxygen atoms in total. The number of thioether (sulfide) groups is 1. The Kier molecular flexibility index (Phi) is 4.20. The van der Waals surface area contributed by atoms with Crippen LogP contribution in [-0.2, 0) is 6.54 Å². The first-order valence-electron chi connectivity index (χ1n) is 5.38. The van der Waals surface area contributed by atoms with Crippen molar-refractivity contribution in [3.63, 3.8) is 0 Å². The number of anilines is 1. The van der Waals surface area contributed by atoms with Crippen molar-refractivity contribution in [1.29, 1.82) is 0 Å². The molecule has 0 radical (unpaired) electrons. The molecule has 0 spiro atoms. The van der Waals surface area contributed by atoms with Crippen molar-refractivity contribution in [1.82, 2.24) is 14.9 Å². The van der Waals surface area contributed by atoms with E-state index in [1.807, 2.05) is 23.2 Å². The van der Waals surface area contributed by atoms with Crippen LogP contribution in [0.3, 0.4) is 0 Å². The van der Waals surface area contributed by atoms with Crippen LogP contribution in [0.25, 0.3) is 10.2 Å². The second-order valence-corrected chi connectivity index (χ2v) is 5.78. The largest absolute Gasteiger partial charge is 0.383 e. The molecule has 0 atom stereocenters. The van der Waals surface area contributed by atoms with Crippen molar-refractivity contribution in [2.75, 3.05) is 31.3 Å². The third-order valence-corrected chi connectivity index (χ3v) is 3.89. The Balaban J connectivity index is 2.13. The number of aromatic nitrogens is 2. The molecule has 0 fully saturated rings. The standard InChI is InChI=1S/C11H16N4S2/c1-15(4-6-16-2)7-9-13-10(12)8-3-5-17-11(8)14-9/h3,5H,4,6-7H2,1-2H3,(H2,12,13,14). The summed E-state index contributed by atoms with van der Waals surface area (Å²) in [5.41, 5.74) is 5.91. The molecule has 2 aromatic heterocycles. The zero-order valence-electron chi connectivity index (χ0n) is 10.0. The summed E-state index contributed by atoms with van der Waals surface area (Å²) in [4.78, 5) is 12.1. The summed E-state index contributed by atoms with van der Waals surface area (Å²) in [6.07, 6.45) is 2.11. The second kappa shape index (κ2) is 5.66. The van der Waals surface area contributed by atoms with Crippen molar-refractivity contribution in [2.24, 2.45) is 0 Å². The van der Waals surface area contributed by atoms with E-state index >= 15 is 0 Å². The predicted molar refractivity (Wildman–Crippen MR) is 76.5 cm³/mol. The van der Waals surface area contributed by atoms with Gasteiger partial charge in [0.2, 0.25) is 0 Å². The zero-order valence-corrected chi connectivity index (χ0v) is 11.6. The smallest absolute Gasteiger partial charge is 0.146 e. The van der Waals surface area contributed by atoms with Gasteiger partial charge in [0.1, 0.15) is 16.5 Å². The number of nitrogen functional groups attached to an aromatic ring is 1. The molecule has 0 aliphatic rings. The number of hydrogen-bond donors (Lipinski definition) is 1. The van der Waals surface area contributed by atoms with Gasteiger partial charge in [-0.15, -0.1) is 11.3 Å². The van der Waals surface area contributed by atoms with E-state index in [1.54, 1.807) is 11.3 Å². The van der Waals surface area contributed by atoms with Crippen molar-refractivity contribution in [3.8, 4) is 0 Å². The van der Waals surface area contributed by atoms with E-state index in [4.69, 9.17) is 5.73 Å². The van der Waals surface area contributed by atoms with Crippen LogP contribution in [0.2, 0.25) is 0 Å². The molecule has 0 saturated heterocycles. The van der Waals surface area contributed by atoms with Gasteiger partial charge in [0.05, 0.1) is 11.9 Å². The Bertz CT molecular complexity index is 497. The summed E-state index contributed by atoms with van der Waals surface area (Å²) < 4.78 is 0. The van der Waals surface area contributed by atoms with Crippen molar-refractivity contribution >= 4 is 39.1 Å². The Morgan fingerprint density at radius 2 is 2.29 bits per heavy atom. The fourth-order valence-electron chi connectivity index (χ4n) is 1.56. The highest BCUT2D eigenvalue weighted by atomic mass is 32.2. The molecule has 0 amide bonds. The molecule has 0 saturated carbocycles. The van der Waals surface area contributed by atoms with Crippen LogP contribution in [0.5, 0.6) is 0 Å². The Morgan fingerprint density at radius 3 is 3.06 bits per heavy atom. The van der Waals surface area contributed by atoms with Crippen LogP contribution in [0.1, 0.15) is 5.82 Å². The maximum atomic E-state index is 5.91. The van der Waals surface area contributed by atoms with Gasteiger partial charge in [-0.25, -0.2) is 9.97 Å². The monoisotopic (exact) mass is 268 g/mol. The lowest BCUT2D eigenvalue weighted by atomic mass is 10.4. The van der Waals surface area contributed by atoms with Crippen molar-refractivity contribution in [3.05, 3.63) is 17.3 Å². The summed E-state index contributed by atoms with van der Waals surface area (Å²) in [7, 11) is 2.08. The molecule has 2 N–H and O–H groups in total. The van der Waals surface area contributed by atoms with Crippen molar-refractivity contribution in [2.45, 2.75) is 6.54 Å². The molecule has 6 heteroatoms. The quantitative estimate of drug-likeness (QED) is 0.899. The zero-order chi connectivity index (χ0) is 12.3. The van der Waals surface area contributed by atoms with Crippen molar-refractivity contribution < 1.29 is 0 Å². The summed E-state index contributed by atoms with van der Waals surface area (Å²) in [6.45, 7) is 1.78. The lowest BCUT2D eigenvalue weighted by Crippen LogP contribution is -2.22. The number of thiophene rings is 1. The Labute approximate surface area is 109 Å². The first-order valence-corrected chi connectivity index (χ1v) is 7.65. The SMILES string of the molecule is CSCCN(C)Cc1nc(N)c2ccsc2n1. The van der Waals surface area contributed by atoms with Gasteiger partial charge < -0.3 is 5.73 Å². The fraction of sp³-hybridized carbons (Fsp3) is 0.455. The van der Waals surface area contributed by atoms with E-state index in [0.717, 1.165) is 34.9 Å². The van der Waals surface area contributed by atoms with E-state index in [-0.39, 0.29) is 0 Å². The molecular weight excluding hydrogens is 252 g/mol. The minimum Gasteiger partial charge on any atom is -0.383 e. The lowest BCUT2D eigenvalue weighted by molar-refractivity contribution is 0.340. The maximum Gasteiger partial charge on any atom is 0.146 e. The lowest BCUT2D eigenvalue weighted by Gasteiger charge is -2.14. The molecule has 2 aromatic rings. The topological polar surface area (TPSA) is 55.0 Å². The average Bonchev–Trinajstić information content (AvgIpc) is 2.75. The van der Waals surface area contributed by atoms with Gasteiger partial charge in [-0.3, -0.25) is 4.90 Å². The maximum absolute atomic E-state index is 5.91. The summed E-state index contributed by atoms with van der Waals surface area (Å²) in [5, 5.41) is 2.96. The molecular formula is C11H16N4S2. The molecule has 2 rings (SSSR count). The fourth-order valence-corrected chi connectivity index (χ4v) is 2.85. The normalized spacial score (nSPS) is 11.5. The van der Waals surface area contributed by atoms with Gasteiger partial charge in [0.15, 0.2) is 0 Å². The Hall–Kier alpha value is -0.850. The van der Waals surface area contributed by atoms with Crippen LogP contribution in [0.4, 0.5) is 5.82 Å². The van der Waals surface area contributed by atoms with Gasteiger partial charge in [0, 0.05) is 12.3 Å². The number of fused-ring (bicyclic) bond motifs is 1. The highest BCUT2D eigenvalue weighted by Gasteiger charge is 2.08. The number of nitrogens with two attached hydrogens (primary N) is 1. The van der Waals surface area contributed by atoms with Gasteiger partial charge in [-0.05, 0) is 24.7 Å². The van der Waals surface area contributed by atoms with E-state index in [2.05, 4.69) is 28.2 Å². The molecule has 17 heavy (non-hydrogen) atoms. The van der Waals surface area contributed by atoms with Crippen LogP contribution in [0, 0.1) is 0 Å². The number of hydrogen-bond acceptors (Lipinski definition) is 6. The molecule has 0 aliphatic heterocycles. The van der Waals surface area contributed by atoms with Gasteiger partial charge in [0.25, 0.3) is 0 Å². The van der Waals surface area contributed by atoms with E-state index in [0.29, 0.717) is 5.82 Å². The van der Waals surface area contributed by atoms with E-state index in [1.165, 1.54) is 0 Å². The molecule has 0 aliphatic carbocycles. The highest BCUT2D eigenvalue weighted by molar-refractivity contribution is 7.98. The second-order valence-electron chi connectivity index (χ2n) is 3.90. The summed E-state index contributed by atoms with van der Waals surface area (Å²) >= 11 is 3.45. The highest BCUT2D eigenvalue weighted by Crippen LogP contribution is 2.22. The van der Waals surface area contributed by atoms with Crippen LogP contribution in [0.15, 0.2) is 11.4 Å². The molecule has 0 bridgehead atoms. The average molecular weight is 268 g/mol. The van der Waals surface area contributed by atoms with E-state index in [9.17, 15) is 0 Å². The van der Waals surface area contributed by atoms with Gasteiger partial charge in [-0.1, -0.05) is 0 Å². The molecule has 2 heterocycles. The predicted octanol–water partition coefficient (Wildman–Crippen LogP) is 2.07. The first kappa shape index (κ1) is 12.6. The van der Waals surface area contributed by atoms with E-state index < -0.39 is 0 Å².